The van der Waals surface area contributed by atoms with E-state index in [1.165, 1.54) is 30.0 Å². The Hall–Kier alpha value is -1.38. The van der Waals surface area contributed by atoms with Gasteiger partial charge in [-0.3, -0.25) is 0 Å². The van der Waals surface area contributed by atoms with Crippen molar-refractivity contribution >= 4 is 33.5 Å². The lowest BCUT2D eigenvalue weighted by Crippen LogP contribution is -2.09. The van der Waals surface area contributed by atoms with Crippen LogP contribution in [0.15, 0.2) is 33.9 Å². The SMILES string of the molecule is CSc1nc(NN)cc(Oc2cc(F)ccc2Br)n1. The van der Waals surface area contributed by atoms with Crippen LogP contribution in [0.2, 0.25) is 0 Å². The van der Waals surface area contributed by atoms with Crippen LogP contribution in [0.4, 0.5) is 10.2 Å². The van der Waals surface area contributed by atoms with Gasteiger partial charge < -0.3 is 10.2 Å². The zero-order valence-electron chi connectivity index (χ0n) is 9.85. The molecule has 0 unspecified atom stereocenters. The first-order valence-corrected chi connectivity index (χ1v) is 7.16. The molecule has 19 heavy (non-hydrogen) atoms. The van der Waals surface area contributed by atoms with Crippen LogP contribution in [0.3, 0.4) is 0 Å². The minimum absolute atomic E-state index is 0.276. The summed E-state index contributed by atoms with van der Waals surface area (Å²) in [7, 11) is 0. The van der Waals surface area contributed by atoms with Crippen molar-refractivity contribution in [2.45, 2.75) is 5.16 Å². The molecule has 1 aromatic heterocycles. The van der Waals surface area contributed by atoms with Gasteiger partial charge in [-0.15, -0.1) is 0 Å². The second-order valence-electron chi connectivity index (χ2n) is 3.40. The molecule has 0 atom stereocenters. The van der Waals surface area contributed by atoms with E-state index < -0.39 is 5.82 Å². The van der Waals surface area contributed by atoms with E-state index >= 15 is 0 Å². The fourth-order valence-electron chi connectivity index (χ4n) is 1.29. The van der Waals surface area contributed by atoms with Crippen LogP contribution in [0.5, 0.6) is 11.6 Å². The van der Waals surface area contributed by atoms with Gasteiger partial charge in [0.15, 0.2) is 5.16 Å². The molecule has 1 aromatic carbocycles. The summed E-state index contributed by atoms with van der Waals surface area (Å²) in [5.41, 5.74) is 2.42. The zero-order chi connectivity index (χ0) is 13.8. The van der Waals surface area contributed by atoms with Crippen molar-refractivity contribution in [3.63, 3.8) is 0 Å². The number of anilines is 1. The molecular formula is C11H10BrFN4OS. The number of thioether (sulfide) groups is 1. The first-order valence-electron chi connectivity index (χ1n) is 5.15. The highest BCUT2D eigenvalue weighted by molar-refractivity contribution is 9.10. The third-order valence-electron chi connectivity index (χ3n) is 2.12. The van der Waals surface area contributed by atoms with Gasteiger partial charge in [-0.05, 0) is 34.3 Å². The van der Waals surface area contributed by atoms with E-state index in [4.69, 9.17) is 10.6 Å². The Morgan fingerprint density at radius 1 is 1.37 bits per heavy atom. The van der Waals surface area contributed by atoms with E-state index in [-0.39, 0.29) is 5.88 Å². The van der Waals surface area contributed by atoms with Gasteiger partial charge in [0.25, 0.3) is 0 Å². The molecule has 0 amide bonds. The molecule has 0 saturated heterocycles. The molecule has 100 valence electrons. The van der Waals surface area contributed by atoms with Gasteiger partial charge >= 0.3 is 0 Å². The molecule has 0 radical (unpaired) electrons. The molecule has 0 aliphatic heterocycles. The number of ether oxygens (including phenoxy) is 1. The smallest absolute Gasteiger partial charge is 0.225 e. The van der Waals surface area contributed by atoms with E-state index in [0.717, 1.165) is 0 Å². The average molecular weight is 345 g/mol. The largest absolute Gasteiger partial charge is 0.438 e. The minimum atomic E-state index is -0.394. The monoisotopic (exact) mass is 344 g/mol. The van der Waals surface area contributed by atoms with E-state index in [0.29, 0.717) is 21.2 Å². The Bertz CT molecular complexity index is 577. The molecule has 0 aliphatic carbocycles. The molecule has 3 N–H and O–H groups in total. The number of benzene rings is 1. The summed E-state index contributed by atoms with van der Waals surface area (Å²) in [5.74, 6) is 5.94. The maximum Gasteiger partial charge on any atom is 0.225 e. The Kier molecular flexibility index (Phi) is 4.56. The molecular weight excluding hydrogens is 335 g/mol. The number of hydrogen-bond donors (Lipinski definition) is 2. The molecule has 0 fully saturated rings. The van der Waals surface area contributed by atoms with Crippen LogP contribution in [-0.2, 0) is 0 Å². The second-order valence-corrected chi connectivity index (χ2v) is 5.03. The van der Waals surface area contributed by atoms with Crippen LogP contribution in [0.1, 0.15) is 0 Å². The van der Waals surface area contributed by atoms with Gasteiger partial charge in [0.05, 0.1) is 4.47 Å². The lowest BCUT2D eigenvalue weighted by atomic mass is 10.3. The fraction of sp³-hybridized carbons (Fsp3) is 0.0909. The number of nitrogens with one attached hydrogen (secondary N) is 1. The molecule has 1 heterocycles. The van der Waals surface area contributed by atoms with E-state index in [2.05, 4.69) is 31.3 Å². The summed E-state index contributed by atoms with van der Waals surface area (Å²) in [6.45, 7) is 0. The second kappa shape index (κ2) is 6.18. The number of hydrogen-bond acceptors (Lipinski definition) is 6. The average Bonchev–Trinajstić information content (AvgIpc) is 2.42. The van der Waals surface area contributed by atoms with E-state index in [1.807, 2.05) is 6.26 Å². The highest BCUT2D eigenvalue weighted by atomic mass is 79.9. The van der Waals surface area contributed by atoms with Crippen molar-refractivity contribution in [1.29, 1.82) is 0 Å². The van der Waals surface area contributed by atoms with Crippen LogP contribution in [-0.4, -0.2) is 16.2 Å². The van der Waals surface area contributed by atoms with Crippen molar-refractivity contribution in [2.24, 2.45) is 5.84 Å². The lowest BCUT2D eigenvalue weighted by molar-refractivity contribution is 0.449. The standard InChI is InChI=1S/C11H10BrFN4OS/c1-19-11-15-9(17-14)5-10(16-11)18-8-4-6(13)2-3-7(8)12/h2-5H,14H2,1H3,(H,15,16,17). The summed E-state index contributed by atoms with van der Waals surface area (Å²) >= 11 is 4.63. The number of aromatic nitrogens is 2. The zero-order valence-corrected chi connectivity index (χ0v) is 12.3. The highest BCUT2D eigenvalue weighted by Crippen LogP contribution is 2.30. The van der Waals surface area contributed by atoms with Gasteiger partial charge in [0.1, 0.15) is 17.4 Å². The summed E-state index contributed by atoms with van der Waals surface area (Å²) in [6.07, 6.45) is 1.83. The molecule has 0 aliphatic rings. The van der Waals surface area contributed by atoms with Crippen molar-refractivity contribution in [1.82, 2.24) is 9.97 Å². The summed E-state index contributed by atoms with van der Waals surface area (Å²) < 4.78 is 19.3. The van der Waals surface area contributed by atoms with Crippen molar-refractivity contribution < 1.29 is 9.13 Å². The van der Waals surface area contributed by atoms with Crippen molar-refractivity contribution in [3.8, 4) is 11.6 Å². The van der Waals surface area contributed by atoms with Crippen molar-refractivity contribution in [2.75, 3.05) is 11.7 Å². The van der Waals surface area contributed by atoms with Crippen molar-refractivity contribution in [3.05, 3.63) is 34.6 Å². The van der Waals surface area contributed by atoms with Crippen LogP contribution in [0, 0.1) is 5.82 Å². The third-order valence-corrected chi connectivity index (χ3v) is 3.32. The Balaban J connectivity index is 2.34. The van der Waals surface area contributed by atoms with Gasteiger partial charge in [-0.2, -0.15) is 4.98 Å². The van der Waals surface area contributed by atoms with Crippen LogP contribution >= 0.6 is 27.7 Å². The Morgan fingerprint density at radius 3 is 2.84 bits per heavy atom. The molecule has 0 spiro atoms. The number of halogens is 2. The minimum Gasteiger partial charge on any atom is -0.438 e. The van der Waals surface area contributed by atoms with Gasteiger partial charge in [0, 0.05) is 12.1 Å². The summed E-state index contributed by atoms with van der Waals surface area (Å²) in [5, 5.41) is 0.498. The third kappa shape index (κ3) is 3.55. The molecule has 5 nitrogen and oxygen atoms in total. The quantitative estimate of drug-likeness (QED) is 0.384. The number of nitrogens with two attached hydrogens (primary N) is 1. The van der Waals surface area contributed by atoms with Gasteiger partial charge in [0.2, 0.25) is 5.88 Å². The molecule has 2 rings (SSSR count). The first kappa shape index (κ1) is 14.0. The predicted molar refractivity (Wildman–Crippen MR) is 75.8 cm³/mol. The van der Waals surface area contributed by atoms with Crippen LogP contribution < -0.4 is 16.0 Å². The molecule has 0 saturated carbocycles. The fourth-order valence-corrected chi connectivity index (χ4v) is 1.99. The lowest BCUT2D eigenvalue weighted by Gasteiger charge is -2.09. The number of nitrogen functional groups attached to an aromatic ring is 1. The predicted octanol–water partition coefficient (Wildman–Crippen LogP) is 3.18. The molecule has 0 bridgehead atoms. The van der Waals surface area contributed by atoms with E-state index in [9.17, 15) is 4.39 Å². The normalized spacial score (nSPS) is 10.3. The maximum absolute atomic E-state index is 13.2. The first-order chi connectivity index (χ1) is 9.12. The summed E-state index contributed by atoms with van der Waals surface area (Å²) in [4.78, 5) is 8.26. The Labute approximate surface area is 121 Å². The van der Waals surface area contributed by atoms with Gasteiger partial charge in [-0.1, -0.05) is 11.8 Å². The molecule has 8 heteroatoms. The Morgan fingerprint density at radius 2 is 2.16 bits per heavy atom. The van der Waals surface area contributed by atoms with Gasteiger partial charge in [-0.25, -0.2) is 15.2 Å². The number of hydrazine groups is 1. The maximum atomic E-state index is 13.2. The summed E-state index contributed by atoms with van der Waals surface area (Å²) in [6, 6.07) is 5.68. The molecule has 2 aromatic rings. The highest BCUT2D eigenvalue weighted by Gasteiger charge is 2.09. The van der Waals surface area contributed by atoms with E-state index in [1.54, 1.807) is 6.07 Å². The van der Waals surface area contributed by atoms with Crippen LogP contribution in [0.25, 0.3) is 0 Å². The topological polar surface area (TPSA) is 73.1 Å². The number of nitrogens with zero attached hydrogens (tertiary/aromatic N) is 2. The number of rotatable bonds is 4.